The van der Waals surface area contributed by atoms with Gasteiger partial charge in [-0.2, -0.15) is 0 Å². The van der Waals surface area contributed by atoms with Crippen molar-refractivity contribution >= 4 is 23.7 Å². The van der Waals surface area contributed by atoms with Crippen LogP contribution in [-0.2, 0) is 20.9 Å². The fourth-order valence-corrected chi connectivity index (χ4v) is 4.73. The van der Waals surface area contributed by atoms with E-state index in [0.717, 1.165) is 40.0 Å². The molecule has 1 saturated heterocycles. The Morgan fingerprint density at radius 3 is 2.40 bits per heavy atom. The van der Waals surface area contributed by atoms with Gasteiger partial charge in [-0.15, -0.1) is 0 Å². The predicted molar refractivity (Wildman–Crippen MR) is 111 cm³/mol. The van der Waals surface area contributed by atoms with Crippen molar-refractivity contribution in [2.45, 2.75) is 72.4 Å². The molecule has 1 N–H and O–H groups in total. The maximum Gasteiger partial charge on any atom is 0.326 e. The van der Waals surface area contributed by atoms with Crippen LogP contribution in [0, 0.1) is 26.7 Å². The van der Waals surface area contributed by atoms with Gasteiger partial charge in [0.1, 0.15) is 18.7 Å². The highest BCUT2D eigenvalue weighted by atomic mass is 16.5. The van der Waals surface area contributed by atoms with Gasteiger partial charge in [0, 0.05) is 5.56 Å². The van der Waals surface area contributed by atoms with Crippen molar-refractivity contribution in [3.05, 3.63) is 33.9 Å². The summed E-state index contributed by atoms with van der Waals surface area (Å²) in [7, 11) is 0. The van der Waals surface area contributed by atoms with Crippen molar-refractivity contribution in [2.24, 2.45) is 5.92 Å². The summed E-state index contributed by atoms with van der Waals surface area (Å²) in [5, 5.41) is 2.81. The van der Waals surface area contributed by atoms with Crippen LogP contribution in [0.4, 0.5) is 4.79 Å². The lowest BCUT2D eigenvalue weighted by Gasteiger charge is -2.33. The number of carbonyl (C=O) groups is 4. The number of nitrogens with zero attached hydrogens (tertiary/aromatic N) is 1. The molecule has 3 amide bonds. The Labute approximate surface area is 177 Å². The topological polar surface area (TPSA) is 92.8 Å². The molecule has 1 aromatic rings. The minimum Gasteiger partial charge on any atom is -0.459 e. The summed E-state index contributed by atoms with van der Waals surface area (Å²) in [6.45, 7) is 8.85. The summed E-state index contributed by atoms with van der Waals surface area (Å²) in [6, 6.07) is 1.37. The Morgan fingerprint density at radius 2 is 1.80 bits per heavy atom. The Kier molecular flexibility index (Phi) is 6.01. The molecule has 3 rings (SSSR count). The van der Waals surface area contributed by atoms with Crippen LogP contribution in [0.2, 0.25) is 0 Å². The molecule has 2 aliphatic rings. The third-order valence-corrected chi connectivity index (χ3v) is 6.52. The van der Waals surface area contributed by atoms with Crippen molar-refractivity contribution in [3.8, 4) is 0 Å². The molecule has 1 saturated carbocycles. The van der Waals surface area contributed by atoms with Crippen LogP contribution in [0.3, 0.4) is 0 Å². The van der Waals surface area contributed by atoms with Crippen LogP contribution in [0.25, 0.3) is 0 Å². The van der Waals surface area contributed by atoms with Gasteiger partial charge in [-0.05, 0) is 81.5 Å². The molecule has 1 aliphatic heterocycles. The smallest absolute Gasteiger partial charge is 0.326 e. The minimum absolute atomic E-state index is 0.0105. The van der Waals surface area contributed by atoms with Gasteiger partial charge in [-0.3, -0.25) is 19.3 Å². The summed E-state index contributed by atoms with van der Waals surface area (Å²) < 4.78 is 5.39. The van der Waals surface area contributed by atoms with E-state index in [1.807, 2.05) is 26.8 Å². The number of amides is 3. The minimum atomic E-state index is -0.871. The number of imide groups is 1. The third kappa shape index (κ3) is 3.98. The van der Waals surface area contributed by atoms with Gasteiger partial charge in [-0.1, -0.05) is 13.0 Å². The molecule has 0 aromatic heterocycles. The summed E-state index contributed by atoms with van der Waals surface area (Å²) in [5.74, 6) is -0.495. The van der Waals surface area contributed by atoms with Crippen LogP contribution in [-0.4, -0.2) is 40.7 Å². The molecule has 30 heavy (non-hydrogen) atoms. The van der Waals surface area contributed by atoms with E-state index in [9.17, 15) is 19.2 Å². The molecule has 0 radical (unpaired) electrons. The lowest BCUT2D eigenvalue weighted by molar-refractivity contribution is -0.149. The summed E-state index contributed by atoms with van der Waals surface area (Å²) in [5.41, 5.74) is 3.14. The van der Waals surface area contributed by atoms with Gasteiger partial charge in [0.05, 0.1) is 0 Å². The second-order valence-electron chi connectivity index (χ2n) is 8.79. The first-order chi connectivity index (χ1) is 14.1. The van der Waals surface area contributed by atoms with Crippen molar-refractivity contribution < 1.29 is 23.9 Å². The van der Waals surface area contributed by atoms with Gasteiger partial charge in [0.2, 0.25) is 0 Å². The number of esters is 1. The Morgan fingerprint density at radius 1 is 1.17 bits per heavy atom. The first-order valence-corrected chi connectivity index (χ1v) is 10.5. The van der Waals surface area contributed by atoms with E-state index >= 15 is 0 Å². The van der Waals surface area contributed by atoms with Gasteiger partial charge >= 0.3 is 12.0 Å². The maximum absolute atomic E-state index is 12.9. The molecule has 1 heterocycles. The zero-order valence-corrected chi connectivity index (χ0v) is 18.4. The quantitative estimate of drug-likeness (QED) is 0.453. The summed E-state index contributed by atoms with van der Waals surface area (Å²) in [6.07, 6.45) is 2.93. The number of ether oxygens (including phenoxy) is 1. The van der Waals surface area contributed by atoms with E-state index in [1.165, 1.54) is 6.92 Å². The first kappa shape index (κ1) is 22.0. The van der Waals surface area contributed by atoms with Crippen LogP contribution in [0.1, 0.15) is 72.1 Å². The number of aryl methyl sites for hydroxylation is 2. The Hall–Kier alpha value is -2.70. The number of urea groups is 1. The zero-order chi connectivity index (χ0) is 22.2. The number of hydrogen-bond donors (Lipinski definition) is 1. The first-order valence-electron chi connectivity index (χ1n) is 10.5. The molecule has 1 aliphatic carbocycles. The molecule has 1 aromatic carbocycles. The van der Waals surface area contributed by atoms with Crippen molar-refractivity contribution in [1.29, 1.82) is 0 Å². The van der Waals surface area contributed by atoms with Crippen LogP contribution in [0.5, 0.6) is 0 Å². The van der Waals surface area contributed by atoms with E-state index in [2.05, 4.69) is 12.2 Å². The van der Waals surface area contributed by atoms with Crippen molar-refractivity contribution in [2.75, 3.05) is 6.54 Å². The molecular weight excluding hydrogens is 384 g/mol. The van der Waals surface area contributed by atoms with E-state index < -0.39 is 24.1 Å². The highest BCUT2D eigenvalue weighted by molar-refractivity contribution is 6.08. The number of rotatable bonds is 5. The number of Topliss-reactive ketones (excluding diaryl/α,β-unsaturated/α-hetero) is 1. The molecule has 0 atom stereocenters. The van der Waals surface area contributed by atoms with E-state index in [4.69, 9.17) is 4.74 Å². The van der Waals surface area contributed by atoms with Gasteiger partial charge in [0.25, 0.3) is 5.91 Å². The monoisotopic (exact) mass is 414 g/mol. The largest absolute Gasteiger partial charge is 0.459 e. The van der Waals surface area contributed by atoms with Gasteiger partial charge in [-0.25, -0.2) is 4.79 Å². The molecule has 1 spiro atoms. The molecule has 7 heteroatoms. The predicted octanol–water partition coefficient (Wildman–Crippen LogP) is 3.36. The number of carbonyl (C=O) groups excluding carboxylic acids is 4. The lowest BCUT2D eigenvalue weighted by atomic mass is 9.77. The molecule has 162 valence electrons. The molecule has 7 nitrogen and oxygen atoms in total. The second kappa shape index (κ2) is 8.20. The number of ketones is 1. The van der Waals surface area contributed by atoms with E-state index in [-0.39, 0.29) is 18.3 Å². The van der Waals surface area contributed by atoms with Crippen LogP contribution < -0.4 is 5.32 Å². The average Bonchev–Trinajstić information content (AvgIpc) is 2.87. The molecular formula is C23H30N2O5. The lowest BCUT2D eigenvalue weighted by Crippen LogP contribution is -2.49. The normalized spacial score (nSPS) is 23.6. The van der Waals surface area contributed by atoms with Crippen molar-refractivity contribution in [3.63, 3.8) is 0 Å². The number of nitrogens with one attached hydrogen (secondary N) is 1. The number of hydrogen-bond acceptors (Lipinski definition) is 5. The Balaban J connectivity index is 1.67. The maximum atomic E-state index is 12.9. The zero-order valence-electron chi connectivity index (χ0n) is 18.4. The highest BCUT2D eigenvalue weighted by Gasteiger charge is 2.52. The summed E-state index contributed by atoms with van der Waals surface area (Å²) in [4.78, 5) is 50.6. The van der Waals surface area contributed by atoms with Crippen molar-refractivity contribution in [1.82, 2.24) is 10.2 Å². The molecule has 2 fully saturated rings. The van der Waals surface area contributed by atoms with E-state index in [0.29, 0.717) is 24.3 Å². The van der Waals surface area contributed by atoms with Gasteiger partial charge in [0.15, 0.2) is 5.78 Å². The summed E-state index contributed by atoms with van der Waals surface area (Å²) >= 11 is 0. The van der Waals surface area contributed by atoms with Gasteiger partial charge < -0.3 is 10.1 Å². The highest BCUT2D eigenvalue weighted by Crippen LogP contribution is 2.36. The standard InChI is InChI=1S/C23H30N2O5/c1-13-6-8-23(9-7-13)21(28)25(22(29)24-23)11-19(27)30-12-18-14(2)10-15(3)20(16(18)4)17(5)26/h10,13H,6-9,11-12H2,1-5H3,(H,24,29). The molecule has 0 bridgehead atoms. The van der Waals surface area contributed by atoms with Crippen LogP contribution >= 0.6 is 0 Å². The van der Waals surface area contributed by atoms with Crippen LogP contribution in [0.15, 0.2) is 6.07 Å². The fourth-order valence-electron chi connectivity index (χ4n) is 4.73. The fraction of sp³-hybridized carbons (Fsp3) is 0.565. The SMILES string of the molecule is CC(=O)c1c(C)cc(C)c(COC(=O)CN2C(=O)NC3(CCC(C)CC3)C2=O)c1C. The molecule has 0 unspecified atom stereocenters. The third-order valence-electron chi connectivity index (χ3n) is 6.52. The second-order valence-corrected chi connectivity index (χ2v) is 8.79. The average molecular weight is 415 g/mol. The van der Waals surface area contributed by atoms with E-state index in [1.54, 1.807) is 0 Å². The number of benzene rings is 1. The Bertz CT molecular complexity index is 913.